The van der Waals surface area contributed by atoms with Crippen molar-refractivity contribution in [3.63, 3.8) is 0 Å². The first-order chi connectivity index (χ1) is 12.4. The van der Waals surface area contributed by atoms with Gasteiger partial charge in [0.05, 0.1) is 10.6 Å². The lowest BCUT2D eigenvalue weighted by Crippen LogP contribution is -2.41. The molecule has 26 heavy (non-hydrogen) atoms. The largest absolute Gasteiger partial charge is 0.399 e. The van der Waals surface area contributed by atoms with Gasteiger partial charge in [0.25, 0.3) is 0 Å². The van der Waals surface area contributed by atoms with Gasteiger partial charge in [-0.05, 0) is 62.2 Å². The fourth-order valence-corrected chi connectivity index (χ4v) is 5.06. The molecule has 1 aromatic heterocycles. The maximum atomic E-state index is 12.9. The zero-order valence-electron chi connectivity index (χ0n) is 14.5. The molecule has 1 unspecified atom stereocenters. The van der Waals surface area contributed by atoms with Gasteiger partial charge in [0.15, 0.2) is 0 Å². The first-order valence-electron chi connectivity index (χ1n) is 8.70. The zero-order valence-corrected chi connectivity index (χ0v) is 15.4. The van der Waals surface area contributed by atoms with E-state index in [2.05, 4.69) is 10.2 Å². The summed E-state index contributed by atoms with van der Waals surface area (Å²) in [7, 11) is -3.47. The van der Waals surface area contributed by atoms with E-state index in [9.17, 15) is 8.42 Å². The second-order valence-corrected chi connectivity index (χ2v) is 8.58. The van der Waals surface area contributed by atoms with Crippen LogP contribution in [0, 0.1) is 0 Å². The van der Waals surface area contributed by atoms with Crippen LogP contribution in [-0.2, 0) is 10.0 Å². The molecule has 136 valence electrons. The SMILES string of the molecule is CC1CCCCN1S(=O)(=O)c1ccc(-n2nc3ccc(N)cc3n2)cc1. The Morgan fingerprint density at radius 2 is 1.77 bits per heavy atom. The van der Waals surface area contributed by atoms with Crippen molar-refractivity contribution in [2.75, 3.05) is 12.3 Å². The minimum atomic E-state index is -3.47. The van der Waals surface area contributed by atoms with Gasteiger partial charge < -0.3 is 5.73 Å². The Labute approximate surface area is 152 Å². The Balaban J connectivity index is 1.65. The van der Waals surface area contributed by atoms with Crippen LogP contribution in [-0.4, -0.2) is 40.3 Å². The average Bonchev–Trinajstić information content (AvgIpc) is 3.05. The summed E-state index contributed by atoms with van der Waals surface area (Å²) in [6.07, 6.45) is 2.90. The Kier molecular flexibility index (Phi) is 4.16. The van der Waals surface area contributed by atoms with E-state index < -0.39 is 10.0 Å². The first kappa shape index (κ1) is 17.0. The van der Waals surface area contributed by atoms with Crippen LogP contribution in [0.4, 0.5) is 5.69 Å². The van der Waals surface area contributed by atoms with Gasteiger partial charge in [-0.3, -0.25) is 0 Å². The number of anilines is 1. The Hall–Kier alpha value is -2.45. The summed E-state index contributed by atoms with van der Waals surface area (Å²) in [6.45, 7) is 2.55. The van der Waals surface area contributed by atoms with E-state index in [1.807, 2.05) is 13.0 Å². The van der Waals surface area contributed by atoms with E-state index in [4.69, 9.17) is 5.73 Å². The average molecular weight is 371 g/mol. The van der Waals surface area contributed by atoms with Gasteiger partial charge in [0.1, 0.15) is 11.0 Å². The number of sulfonamides is 1. The molecule has 0 spiro atoms. The molecule has 1 aliphatic heterocycles. The number of nitrogens with two attached hydrogens (primary N) is 1. The van der Waals surface area contributed by atoms with Crippen LogP contribution in [0.1, 0.15) is 26.2 Å². The van der Waals surface area contributed by atoms with Gasteiger partial charge in [-0.1, -0.05) is 6.42 Å². The lowest BCUT2D eigenvalue weighted by Gasteiger charge is -2.32. The lowest BCUT2D eigenvalue weighted by atomic mass is 10.1. The Bertz CT molecular complexity index is 1040. The fourth-order valence-electron chi connectivity index (χ4n) is 3.36. The van der Waals surface area contributed by atoms with E-state index in [1.165, 1.54) is 4.80 Å². The normalized spacial score (nSPS) is 19.0. The summed E-state index contributed by atoms with van der Waals surface area (Å²) in [4.78, 5) is 1.79. The standard InChI is InChI=1S/C18H21N5O2S/c1-13-4-2-3-11-22(13)26(24,25)16-8-6-15(7-9-16)23-20-17-10-5-14(19)12-18(17)21-23/h5-10,12-13H,2-4,11,19H2,1H3. The first-order valence-corrected chi connectivity index (χ1v) is 10.1. The number of nitrogens with zero attached hydrogens (tertiary/aromatic N) is 4. The highest BCUT2D eigenvalue weighted by Gasteiger charge is 2.30. The quantitative estimate of drug-likeness (QED) is 0.714. The predicted molar refractivity (Wildman–Crippen MR) is 100 cm³/mol. The zero-order chi connectivity index (χ0) is 18.3. The van der Waals surface area contributed by atoms with Gasteiger partial charge in [-0.15, -0.1) is 10.2 Å². The Morgan fingerprint density at radius 3 is 2.50 bits per heavy atom. The third kappa shape index (κ3) is 2.95. The number of rotatable bonds is 3. The molecule has 1 saturated heterocycles. The second-order valence-electron chi connectivity index (χ2n) is 6.69. The molecule has 1 fully saturated rings. The van der Waals surface area contributed by atoms with E-state index in [0.717, 1.165) is 24.8 Å². The minimum Gasteiger partial charge on any atom is -0.399 e. The molecular weight excluding hydrogens is 350 g/mol. The van der Waals surface area contributed by atoms with Crippen molar-refractivity contribution in [3.05, 3.63) is 42.5 Å². The van der Waals surface area contributed by atoms with E-state index in [0.29, 0.717) is 28.3 Å². The topological polar surface area (TPSA) is 94.1 Å². The molecule has 0 radical (unpaired) electrons. The highest BCUT2D eigenvalue weighted by atomic mass is 32.2. The number of hydrogen-bond acceptors (Lipinski definition) is 5. The van der Waals surface area contributed by atoms with E-state index in [1.54, 1.807) is 40.7 Å². The number of aromatic nitrogens is 3. The highest BCUT2D eigenvalue weighted by Crippen LogP contribution is 2.25. The molecule has 2 N–H and O–H groups in total. The van der Waals surface area contributed by atoms with Crippen molar-refractivity contribution < 1.29 is 8.42 Å². The molecule has 1 aliphatic rings. The monoisotopic (exact) mass is 371 g/mol. The molecule has 0 saturated carbocycles. The van der Waals surface area contributed by atoms with Gasteiger partial charge in [-0.25, -0.2) is 8.42 Å². The molecule has 2 aromatic carbocycles. The van der Waals surface area contributed by atoms with Crippen molar-refractivity contribution in [3.8, 4) is 5.69 Å². The van der Waals surface area contributed by atoms with Crippen molar-refractivity contribution >= 4 is 26.7 Å². The van der Waals surface area contributed by atoms with Gasteiger partial charge in [0.2, 0.25) is 10.0 Å². The fraction of sp³-hybridized carbons (Fsp3) is 0.333. The van der Waals surface area contributed by atoms with Crippen LogP contribution in [0.15, 0.2) is 47.4 Å². The third-order valence-corrected chi connectivity index (χ3v) is 6.85. The van der Waals surface area contributed by atoms with Crippen LogP contribution in [0.3, 0.4) is 0 Å². The number of piperidine rings is 1. The molecule has 4 rings (SSSR count). The Morgan fingerprint density at radius 1 is 1.04 bits per heavy atom. The van der Waals surface area contributed by atoms with Gasteiger partial charge in [0, 0.05) is 18.3 Å². The highest BCUT2D eigenvalue weighted by molar-refractivity contribution is 7.89. The third-order valence-electron chi connectivity index (χ3n) is 4.82. The van der Waals surface area contributed by atoms with Crippen LogP contribution in [0.25, 0.3) is 16.7 Å². The van der Waals surface area contributed by atoms with E-state index in [-0.39, 0.29) is 6.04 Å². The number of fused-ring (bicyclic) bond motifs is 1. The summed E-state index contributed by atoms with van der Waals surface area (Å²) in [5.41, 5.74) is 8.53. The van der Waals surface area contributed by atoms with Gasteiger partial charge in [-0.2, -0.15) is 9.10 Å². The summed E-state index contributed by atoms with van der Waals surface area (Å²) in [5.74, 6) is 0. The van der Waals surface area contributed by atoms with Crippen LogP contribution >= 0.6 is 0 Å². The maximum Gasteiger partial charge on any atom is 0.243 e. The summed E-state index contributed by atoms with van der Waals surface area (Å²) >= 11 is 0. The summed E-state index contributed by atoms with van der Waals surface area (Å²) in [6, 6.07) is 12.1. The van der Waals surface area contributed by atoms with Crippen LogP contribution in [0.5, 0.6) is 0 Å². The molecular formula is C18H21N5O2S. The molecule has 3 aromatic rings. The maximum absolute atomic E-state index is 12.9. The molecule has 7 nitrogen and oxygen atoms in total. The summed E-state index contributed by atoms with van der Waals surface area (Å²) < 4.78 is 27.4. The molecule has 2 heterocycles. The van der Waals surface area contributed by atoms with Gasteiger partial charge >= 0.3 is 0 Å². The van der Waals surface area contributed by atoms with Crippen LogP contribution < -0.4 is 5.73 Å². The predicted octanol–water partition coefficient (Wildman–Crippen LogP) is 2.57. The minimum absolute atomic E-state index is 0.0389. The molecule has 0 amide bonds. The second kappa shape index (κ2) is 6.37. The number of hydrogen-bond donors (Lipinski definition) is 1. The number of benzene rings is 2. The molecule has 1 atom stereocenters. The van der Waals surface area contributed by atoms with Crippen molar-refractivity contribution in [2.45, 2.75) is 37.1 Å². The lowest BCUT2D eigenvalue weighted by molar-refractivity contribution is 0.268. The van der Waals surface area contributed by atoms with Crippen LogP contribution in [0.2, 0.25) is 0 Å². The number of nitrogen functional groups attached to an aromatic ring is 1. The van der Waals surface area contributed by atoms with Crippen molar-refractivity contribution in [2.24, 2.45) is 0 Å². The summed E-state index contributed by atoms with van der Waals surface area (Å²) in [5, 5.41) is 8.81. The van der Waals surface area contributed by atoms with Crippen molar-refractivity contribution in [1.82, 2.24) is 19.3 Å². The molecule has 0 bridgehead atoms. The molecule has 8 heteroatoms. The smallest absolute Gasteiger partial charge is 0.243 e. The van der Waals surface area contributed by atoms with Crippen molar-refractivity contribution in [1.29, 1.82) is 0 Å². The van der Waals surface area contributed by atoms with E-state index >= 15 is 0 Å². The molecule has 0 aliphatic carbocycles.